The van der Waals surface area contributed by atoms with Gasteiger partial charge in [-0.2, -0.15) is 0 Å². The van der Waals surface area contributed by atoms with Crippen LogP contribution in [0.15, 0.2) is 0 Å². The molecule has 0 aliphatic heterocycles. The largest absolute Gasteiger partial charge is 0.368 e. The van der Waals surface area contributed by atoms with Crippen LogP contribution in [0.1, 0.15) is 39.0 Å². The van der Waals surface area contributed by atoms with Crippen LogP contribution in [0.2, 0.25) is 0 Å². The number of hydrogen-bond donors (Lipinski definition) is 2. The Balaban J connectivity index is 2.44. The highest BCUT2D eigenvalue weighted by Crippen LogP contribution is 2.30. The first-order valence-corrected chi connectivity index (χ1v) is 5.18. The zero-order chi connectivity index (χ0) is 9.84. The molecular formula is C10H20N2O. The van der Waals surface area contributed by atoms with Crippen molar-refractivity contribution in [3.05, 3.63) is 0 Å². The van der Waals surface area contributed by atoms with Crippen molar-refractivity contribution >= 4 is 5.91 Å². The van der Waals surface area contributed by atoms with E-state index in [-0.39, 0.29) is 11.8 Å². The zero-order valence-corrected chi connectivity index (χ0v) is 8.33. The van der Waals surface area contributed by atoms with Crippen LogP contribution in [0.25, 0.3) is 0 Å². The maximum Gasteiger partial charge on any atom is 0.234 e. The van der Waals surface area contributed by atoms with Crippen LogP contribution < -0.4 is 11.5 Å². The van der Waals surface area contributed by atoms with E-state index in [4.69, 9.17) is 11.5 Å². The van der Waals surface area contributed by atoms with Crippen molar-refractivity contribution in [1.82, 2.24) is 0 Å². The second kappa shape index (κ2) is 4.61. The van der Waals surface area contributed by atoms with Crippen molar-refractivity contribution in [2.45, 2.75) is 45.1 Å². The van der Waals surface area contributed by atoms with Crippen molar-refractivity contribution in [3.8, 4) is 0 Å². The average Bonchev–Trinajstić information content (AvgIpc) is 2.17. The van der Waals surface area contributed by atoms with Gasteiger partial charge >= 0.3 is 0 Å². The van der Waals surface area contributed by atoms with Gasteiger partial charge in [-0.15, -0.1) is 0 Å². The summed E-state index contributed by atoms with van der Waals surface area (Å²) in [4.78, 5) is 10.9. The molecule has 2 unspecified atom stereocenters. The van der Waals surface area contributed by atoms with E-state index in [1.807, 2.05) is 6.92 Å². The molecule has 13 heavy (non-hydrogen) atoms. The summed E-state index contributed by atoms with van der Waals surface area (Å²) in [6, 6.07) is -0.455. The molecule has 0 bridgehead atoms. The number of primary amides is 1. The van der Waals surface area contributed by atoms with E-state index in [1.165, 1.54) is 32.1 Å². The summed E-state index contributed by atoms with van der Waals surface area (Å²) in [5.74, 6) is 0.493. The van der Waals surface area contributed by atoms with Crippen LogP contribution in [0, 0.1) is 11.8 Å². The maximum absolute atomic E-state index is 10.9. The smallest absolute Gasteiger partial charge is 0.234 e. The first-order valence-electron chi connectivity index (χ1n) is 5.18. The van der Waals surface area contributed by atoms with Crippen LogP contribution in [0.5, 0.6) is 0 Å². The molecule has 3 heteroatoms. The second-order valence-electron chi connectivity index (χ2n) is 4.19. The third-order valence-electron chi connectivity index (χ3n) is 3.29. The molecule has 76 valence electrons. The molecule has 1 fully saturated rings. The minimum atomic E-state index is -0.455. The molecule has 0 aromatic heterocycles. The van der Waals surface area contributed by atoms with E-state index in [1.54, 1.807) is 0 Å². The number of nitrogens with two attached hydrogens (primary N) is 2. The molecule has 2 atom stereocenters. The van der Waals surface area contributed by atoms with Crippen molar-refractivity contribution < 1.29 is 4.79 Å². The average molecular weight is 184 g/mol. The van der Waals surface area contributed by atoms with Gasteiger partial charge < -0.3 is 11.5 Å². The fourth-order valence-electron chi connectivity index (χ4n) is 2.21. The predicted molar refractivity (Wildman–Crippen MR) is 52.9 cm³/mol. The molecule has 0 radical (unpaired) electrons. The van der Waals surface area contributed by atoms with Gasteiger partial charge in [-0.05, 0) is 11.8 Å². The minimum Gasteiger partial charge on any atom is -0.368 e. The lowest BCUT2D eigenvalue weighted by Crippen LogP contribution is -2.44. The van der Waals surface area contributed by atoms with Crippen LogP contribution >= 0.6 is 0 Å². The number of amides is 1. The van der Waals surface area contributed by atoms with Gasteiger partial charge in [-0.1, -0.05) is 39.0 Å². The number of carbonyl (C=O) groups excluding carboxylic acids is 1. The van der Waals surface area contributed by atoms with E-state index in [9.17, 15) is 4.79 Å². The molecule has 0 spiro atoms. The van der Waals surface area contributed by atoms with Gasteiger partial charge in [0, 0.05) is 0 Å². The Bertz CT molecular complexity index is 176. The Labute approximate surface area is 79.9 Å². The van der Waals surface area contributed by atoms with Gasteiger partial charge in [-0.3, -0.25) is 4.79 Å². The summed E-state index contributed by atoms with van der Waals surface area (Å²) in [7, 11) is 0. The third-order valence-corrected chi connectivity index (χ3v) is 3.29. The molecule has 1 aliphatic rings. The van der Waals surface area contributed by atoms with E-state index in [0.717, 1.165) is 0 Å². The van der Waals surface area contributed by atoms with Crippen molar-refractivity contribution in [1.29, 1.82) is 0 Å². The van der Waals surface area contributed by atoms with Gasteiger partial charge in [0.2, 0.25) is 5.91 Å². The molecule has 1 saturated carbocycles. The predicted octanol–water partition coefficient (Wildman–Crippen LogP) is 1.02. The van der Waals surface area contributed by atoms with Gasteiger partial charge in [0.05, 0.1) is 6.04 Å². The maximum atomic E-state index is 10.9. The second-order valence-corrected chi connectivity index (χ2v) is 4.19. The van der Waals surface area contributed by atoms with Crippen molar-refractivity contribution in [2.75, 3.05) is 0 Å². The van der Waals surface area contributed by atoms with Crippen LogP contribution in [-0.2, 0) is 4.79 Å². The highest BCUT2D eigenvalue weighted by molar-refractivity contribution is 5.79. The summed E-state index contributed by atoms with van der Waals surface area (Å²) < 4.78 is 0. The molecule has 0 aromatic carbocycles. The lowest BCUT2D eigenvalue weighted by Gasteiger charge is -2.30. The summed E-state index contributed by atoms with van der Waals surface area (Å²) >= 11 is 0. The van der Waals surface area contributed by atoms with Crippen molar-refractivity contribution in [3.63, 3.8) is 0 Å². The fraction of sp³-hybridized carbons (Fsp3) is 0.900. The quantitative estimate of drug-likeness (QED) is 0.687. The first kappa shape index (κ1) is 10.5. The summed E-state index contributed by atoms with van der Waals surface area (Å²) in [5.41, 5.74) is 10.9. The standard InChI is InChI=1S/C10H20N2O/c1-7(9(11)10(12)13)8-5-3-2-4-6-8/h7-9H,2-6,11H2,1H3,(H2,12,13). The Hall–Kier alpha value is -0.570. The molecule has 0 heterocycles. The normalized spacial score (nSPS) is 23.8. The fourth-order valence-corrected chi connectivity index (χ4v) is 2.21. The highest BCUT2D eigenvalue weighted by atomic mass is 16.1. The monoisotopic (exact) mass is 184 g/mol. The molecule has 1 amide bonds. The topological polar surface area (TPSA) is 69.1 Å². The highest BCUT2D eigenvalue weighted by Gasteiger charge is 2.27. The Morgan fingerprint density at radius 1 is 1.31 bits per heavy atom. The third kappa shape index (κ3) is 2.69. The molecule has 4 N–H and O–H groups in total. The van der Waals surface area contributed by atoms with E-state index >= 15 is 0 Å². The SMILES string of the molecule is CC(C1CCCCC1)C(N)C(N)=O. The van der Waals surface area contributed by atoms with E-state index in [2.05, 4.69) is 0 Å². The van der Waals surface area contributed by atoms with Gasteiger partial charge in [-0.25, -0.2) is 0 Å². The molecule has 0 saturated heterocycles. The molecule has 3 nitrogen and oxygen atoms in total. The Morgan fingerprint density at radius 3 is 2.31 bits per heavy atom. The molecule has 1 rings (SSSR count). The van der Waals surface area contributed by atoms with Gasteiger partial charge in [0.25, 0.3) is 0 Å². The summed E-state index contributed by atoms with van der Waals surface area (Å²) in [6.07, 6.45) is 6.31. The lowest BCUT2D eigenvalue weighted by molar-refractivity contribution is -0.120. The van der Waals surface area contributed by atoms with Crippen LogP contribution in [0.3, 0.4) is 0 Å². The number of hydrogen-bond acceptors (Lipinski definition) is 2. The van der Waals surface area contributed by atoms with Crippen LogP contribution in [-0.4, -0.2) is 11.9 Å². The first-order chi connectivity index (χ1) is 6.13. The molecule has 1 aliphatic carbocycles. The van der Waals surface area contributed by atoms with Gasteiger partial charge in [0.1, 0.15) is 0 Å². The lowest BCUT2D eigenvalue weighted by atomic mass is 9.78. The zero-order valence-electron chi connectivity index (χ0n) is 8.33. The Kier molecular flexibility index (Phi) is 3.72. The summed E-state index contributed by atoms with van der Waals surface area (Å²) in [5, 5.41) is 0. The molecule has 0 aromatic rings. The molecular weight excluding hydrogens is 164 g/mol. The van der Waals surface area contributed by atoms with E-state index < -0.39 is 6.04 Å². The number of rotatable bonds is 3. The minimum absolute atomic E-state index is 0.248. The van der Waals surface area contributed by atoms with Crippen molar-refractivity contribution in [2.24, 2.45) is 23.3 Å². The number of carbonyl (C=O) groups is 1. The Morgan fingerprint density at radius 2 is 1.85 bits per heavy atom. The van der Waals surface area contributed by atoms with E-state index in [0.29, 0.717) is 5.92 Å². The van der Waals surface area contributed by atoms with Gasteiger partial charge in [0.15, 0.2) is 0 Å². The summed E-state index contributed by atoms with van der Waals surface area (Å²) in [6.45, 7) is 2.05. The van der Waals surface area contributed by atoms with Crippen LogP contribution in [0.4, 0.5) is 0 Å².